The molecule has 1 atom stereocenters. The summed E-state index contributed by atoms with van der Waals surface area (Å²) in [6.07, 6.45) is 4.58. The lowest BCUT2D eigenvalue weighted by molar-refractivity contribution is -0.163. The van der Waals surface area contributed by atoms with Gasteiger partial charge in [-0.2, -0.15) is 0 Å². The van der Waals surface area contributed by atoms with Crippen molar-refractivity contribution < 1.29 is 14.3 Å². The second-order valence-electron chi connectivity index (χ2n) is 6.43. The zero-order valence-electron chi connectivity index (χ0n) is 11.6. The summed E-state index contributed by atoms with van der Waals surface area (Å²) in [4.78, 5) is 25.9. The van der Waals surface area contributed by atoms with Gasteiger partial charge in [0, 0.05) is 13.0 Å². The van der Waals surface area contributed by atoms with Gasteiger partial charge in [-0.1, -0.05) is 0 Å². The monoisotopic (exact) mass is 253 g/mol. The van der Waals surface area contributed by atoms with Crippen molar-refractivity contribution in [2.75, 3.05) is 6.54 Å². The van der Waals surface area contributed by atoms with E-state index in [0.717, 1.165) is 25.7 Å². The third-order valence-electron chi connectivity index (χ3n) is 3.41. The first-order chi connectivity index (χ1) is 8.37. The topological polar surface area (TPSA) is 46.6 Å². The number of rotatable bonds is 3. The second-order valence-corrected chi connectivity index (χ2v) is 6.43. The molecule has 0 aromatic carbocycles. The highest BCUT2D eigenvalue weighted by atomic mass is 16.6. The molecule has 2 fully saturated rings. The molecule has 102 valence electrons. The van der Waals surface area contributed by atoms with Gasteiger partial charge in [-0.3, -0.25) is 4.79 Å². The predicted molar refractivity (Wildman–Crippen MR) is 67.9 cm³/mol. The number of carbonyl (C=O) groups is 2. The van der Waals surface area contributed by atoms with Crippen molar-refractivity contribution in [3.63, 3.8) is 0 Å². The second kappa shape index (κ2) is 4.90. The Hall–Kier alpha value is -1.06. The number of likely N-dealkylation sites (tertiary alicyclic amines) is 1. The molecule has 1 amide bonds. The Kier molecular flexibility index (Phi) is 3.64. The van der Waals surface area contributed by atoms with Crippen LogP contribution >= 0.6 is 0 Å². The molecular formula is C14H23NO3. The summed E-state index contributed by atoms with van der Waals surface area (Å²) in [6, 6.07) is -0.351. The van der Waals surface area contributed by atoms with Gasteiger partial charge in [0.25, 0.3) is 0 Å². The van der Waals surface area contributed by atoms with E-state index in [1.165, 1.54) is 0 Å². The number of amides is 1. The number of nitrogens with zero attached hydrogens (tertiary/aromatic N) is 1. The summed E-state index contributed by atoms with van der Waals surface area (Å²) in [5.41, 5.74) is -0.481. The lowest BCUT2D eigenvalue weighted by atomic mass is 10.1. The van der Waals surface area contributed by atoms with Crippen LogP contribution in [-0.4, -0.2) is 35.0 Å². The minimum absolute atomic E-state index is 0.130. The summed E-state index contributed by atoms with van der Waals surface area (Å²) >= 11 is 0. The van der Waals surface area contributed by atoms with E-state index in [2.05, 4.69) is 0 Å². The van der Waals surface area contributed by atoms with Gasteiger partial charge in [0.05, 0.1) is 0 Å². The molecular weight excluding hydrogens is 230 g/mol. The van der Waals surface area contributed by atoms with E-state index in [0.29, 0.717) is 18.9 Å². The first-order valence-corrected chi connectivity index (χ1v) is 6.89. The van der Waals surface area contributed by atoms with Gasteiger partial charge >= 0.3 is 5.97 Å². The van der Waals surface area contributed by atoms with E-state index in [-0.39, 0.29) is 17.9 Å². The van der Waals surface area contributed by atoms with Crippen LogP contribution in [0.5, 0.6) is 0 Å². The Morgan fingerprint density at radius 3 is 2.44 bits per heavy atom. The summed E-state index contributed by atoms with van der Waals surface area (Å²) in [5, 5.41) is 0. The van der Waals surface area contributed by atoms with Crippen LogP contribution in [0, 0.1) is 5.92 Å². The largest absolute Gasteiger partial charge is 0.458 e. The maximum absolute atomic E-state index is 12.1. The predicted octanol–water partition coefficient (Wildman–Crippen LogP) is 2.12. The molecule has 0 N–H and O–H groups in total. The quantitative estimate of drug-likeness (QED) is 0.724. The molecule has 1 saturated carbocycles. The van der Waals surface area contributed by atoms with Crippen LogP contribution in [-0.2, 0) is 14.3 Å². The molecule has 1 heterocycles. The summed E-state index contributed by atoms with van der Waals surface area (Å²) < 4.78 is 5.39. The fourth-order valence-corrected chi connectivity index (χ4v) is 2.37. The van der Waals surface area contributed by atoms with Crippen LogP contribution in [0.1, 0.15) is 52.9 Å². The molecule has 0 radical (unpaired) electrons. The lowest BCUT2D eigenvalue weighted by Crippen LogP contribution is -2.43. The van der Waals surface area contributed by atoms with Gasteiger partial charge in [-0.05, 0) is 52.4 Å². The molecule has 1 aliphatic heterocycles. The third-order valence-corrected chi connectivity index (χ3v) is 3.41. The van der Waals surface area contributed by atoms with Crippen molar-refractivity contribution >= 4 is 11.9 Å². The molecule has 4 nitrogen and oxygen atoms in total. The Morgan fingerprint density at radius 2 is 1.89 bits per heavy atom. The maximum atomic E-state index is 12.1. The van der Waals surface area contributed by atoms with E-state index >= 15 is 0 Å². The Bertz CT molecular complexity index is 341. The molecule has 2 aliphatic rings. The average molecular weight is 253 g/mol. The smallest absolute Gasteiger partial charge is 0.329 e. The maximum Gasteiger partial charge on any atom is 0.329 e. The van der Waals surface area contributed by atoms with E-state index in [9.17, 15) is 9.59 Å². The fourth-order valence-electron chi connectivity index (χ4n) is 2.37. The Labute approximate surface area is 109 Å². The van der Waals surface area contributed by atoms with Crippen molar-refractivity contribution in [2.45, 2.75) is 64.5 Å². The first-order valence-electron chi connectivity index (χ1n) is 6.89. The van der Waals surface area contributed by atoms with Gasteiger partial charge in [-0.25, -0.2) is 4.79 Å². The molecule has 18 heavy (non-hydrogen) atoms. The summed E-state index contributed by atoms with van der Waals surface area (Å²) in [5.74, 6) is 0.451. The Morgan fingerprint density at radius 1 is 1.22 bits per heavy atom. The highest BCUT2D eigenvalue weighted by Crippen LogP contribution is 2.34. The van der Waals surface area contributed by atoms with Crippen molar-refractivity contribution in [1.82, 2.24) is 4.90 Å². The number of hydrogen-bond acceptors (Lipinski definition) is 3. The van der Waals surface area contributed by atoms with Crippen molar-refractivity contribution in [1.29, 1.82) is 0 Å². The highest BCUT2D eigenvalue weighted by molar-refractivity contribution is 5.85. The molecule has 0 aromatic rings. The number of esters is 1. The zero-order valence-corrected chi connectivity index (χ0v) is 11.6. The summed E-state index contributed by atoms with van der Waals surface area (Å²) in [7, 11) is 0. The number of ether oxygens (including phenoxy) is 1. The van der Waals surface area contributed by atoms with E-state index in [1.54, 1.807) is 4.90 Å². The third kappa shape index (κ3) is 3.47. The van der Waals surface area contributed by atoms with Gasteiger partial charge < -0.3 is 9.64 Å². The molecule has 1 saturated heterocycles. The normalized spacial score (nSPS) is 24.2. The Balaban J connectivity index is 1.93. The van der Waals surface area contributed by atoms with Crippen molar-refractivity contribution in [3.05, 3.63) is 0 Å². The number of hydrogen-bond donors (Lipinski definition) is 0. The first kappa shape index (κ1) is 13.4. The van der Waals surface area contributed by atoms with Crippen LogP contribution in [0.2, 0.25) is 0 Å². The fraction of sp³-hybridized carbons (Fsp3) is 0.857. The van der Waals surface area contributed by atoms with Crippen molar-refractivity contribution in [3.8, 4) is 0 Å². The molecule has 1 aliphatic carbocycles. The molecule has 4 heteroatoms. The minimum atomic E-state index is -0.481. The molecule has 0 aromatic heterocycles. The average Bonchev–Trinajstić information content (AvgIpc) is 2.90. The molecule has 0 unspecified atom stereocenters. The highest BCUT2D eigenvalue weighted by Gasteiger charge is 2.38. The van der Waals surface area contributed by atoms with E-state index in [4.69, 9.17) is 4.74 Å². The van der Waals surface area contributed by atoms with Gasteiger partial charge in [0.15, 0.2) is 0 Å². The van der Waals surface area contributed by atoms with Crippen LogP contribution < -0.4 is 0 Å². The van der Waals surface area contributed by atoms with Gasteiger partial charge in [0.2, 0.25) is 5.91 Å². The van der Waals surface area contributed by atoms with Crippen molar-refractivity contribution in [2.24, 2.45) is 5.92 Å². The van der Waals surface area contributed by atoms with Crippen LogP contribution in [0.4, 0.5) is 0 Å². The molecule has 2 rings (SSSR count). The van der Waals surface area contributed by atoms with E-state index in [1.807, 2.05) is 20.8 Å². The summed E-state index contributed by atoms with van der Waals surface area (Å²) in [6.45, 7) is 6.28. The van der Waals surface area contributed by atoms with Gasteiger partial charge in [0.1, 0.15) is 11.6 Å². The zero-order chi connectivity index (χ0) is 13.3. The molecule has 0 bridgehead atoms. The lowest BCUT2D eigenvalue weighted by Gasteiger charge is -2.27. The minimum Gasteiger partial charge on any atom is -0.458 e. The standard InChI is InChI=1S/C14H23NO3/c1-14(2,3)18-13(17)11-5-4-8-15(11)12(16)9-10-6-7-10/h10-11H,4-9H2,1-3H3/t11-/m0/s1. The van der Waals surface area contributed by atoms with Crippen LogP contribution in [0.15, 0.2) is 0 Å². The van der Waals surface area contributed by atoms with Gasteiger partial charge in [-0.15, -0.1) is 0 Å². The van der Waals surface area contributed by atoms with Crippen LogP contribution in [0.25, 0.3) is 0 Å². The van der Waals surface area contributed by atoms with E-state index < -0.39 is 5.60 Å². The van der Waals surface area contributed by atoms with Crippen LogP contribution in [0.3, 0.4) is 0 Å². The SMILES string of the molecule is CC(C)(C)OC(=O)[C@@H]1CCCN1C(=O)CC1CC1. The molecule has 0 spiro atoms. The number of carbonyl (C=O) groups excluding carboxylic acids is 2.